The van der Waals surface area contributed by atoms with E-state index in [9.17, 15) is 23.1 Å². The van der Waals surface area contributed by atoms with Crippen molar-refractivity contribution in [2.45, 2.75) is 68.0 Å². The van der Waals surface area contributed by atoms with Gasteiger partial charge in [0.2, 0.25) is 0 Å². The van der Waals surface area contributed by atoms with E-state index in [1.165, 1.54) is 6.08 Å². The van der Waals surface area contributed by atoms with Crippen LogP contribution in [-0.2, 0) is 31.3 Å². The molecular formula is C34H37F3IrNO2-. The molecule has 0 aliphatic heterocycles. The molecule has 0 amide bonds. The first-order valence-corrected chi connectivity index (χ1v) is 13.2. The van der Waals surface area contributed by atoms with Gasteiger partial charge in [0.15, 0.2) is 5.78 Å². The molecular weight excluding hydrogens is 704 g/mol. The molecule has 1 aromatic heterocycles. The topological polar surface area (TPSA) is 50.2 Å². The first kappa shape index (κ1) is 34.2. The zero-order valence-electron chi connectivity index (χ0n) is 24.8. The number of carbonyl (C=O) groups is 1. The summed E-state index contributed by atoms with van der Waals surface area (Å²) in [5.41, 5.74) is 3.44. The summed E-state index contributed by atoms with van der Waals surface area (Å²) in [6.45, 7) is 15.1. The van der Waals surface area contributed by atoms with Crippen molar-refractivity contribution >= 4 is 27.3 Å². The van der Waals surface area contributed by atoms with Gasteiger partial charge in [-0.1, -0.05) is 85.7 Å². The molecule has 0 fully saturated rings. The van der Waals surface area contributed by atoms with Gasteiger partial charge >= 0.3 is 6.18 Å². The molecule has 4 rings (SSSR count). The Hall–Kier alpha value is -3.02. The summed E-state index contributed by atoms with van der Waals surface area (Å²) in [5, 5.41) is 13.2. The third-order valence-corrected chi connectivity index (χ3v) is 6.41. The monoisotopic (exact) mass is 741 g/mol. The number of pyridine rings is 1. The van der Waals surface area contributed by atoms with Gasteiger partial charge in [0.25, 0.3) is 0 Å². The summed E-state index contributed by atoms with van der Waals surface area (Å²) in [6.07, 6.45) is -2.05. The van der Waals surface area contributed by atoms with E-state index in [2.05, 4.69) is 17.1 Å². The molecule has 3 nitrogen and oxygen atoms in total. The van der Waals surface area contributed by atoms with Crippen molar-refractivity contribution in [3.8, 4) is 11.3 Å². The van der Waals surface area contributed by atoms with Gasteiger partial charge in [-0.25, -0.2) is 0 Å². The zero-order valence-corrected chi connectivity index (χ0v) is 27.1. The number of carbonyl (C=O) groups excluding carboxylic acids is 1. The second-order valence-corrected chi connectivity index (χ2v) is 12.3. The van der Waals surface area contributed by atoms with E-state index in [-0.39, 0.29) is 42.6 Å². The first-order valence-electron chi connectivity index (χ1n) is 13.2. The van der Waals surface area contributed by atoms with Gasteiger partial charge in [-0.2, -0.15) is 13.2 Å². The number of benzene rings is 3. The third kappa shape index (κ3) is 9.24. The van der Waals surface area contributed by atoms with Gasteiger partial charge in [0.1, 0.15) is 5.76 Å². The van der Waals surface area contributed by atoms with Gasteiger partial charge in [0.05, 0.1) is 6.42 Å². The number of halogens is 3. The number of aryl methyl sites for hydroxylation is 2. The van der Waals surface area contributed by atoms with Crippen molar-refractivity contribution in [3.05, 3.63) is 89.3 Å². The van der Waals surface area contributed by atoms with E-state index in [0.29, 0.717) is 0 Å². The van der Waals surface area contributed by atoms with E-state index in [4.69, 9.17) is 0 Å². The van der Waals surface area contributed by atoms with Crippen molar-refractivity contribution in [1.29, 1.82) is 0 Å². The van der Waals surface area contributed by atoms with E-state index >= 15 is 0 Å². The number of hydrogen-bond donors (Lipinski definition) is 1. The molecule has 0 saturated carbocycles. The van der Waals surface area contributed by atoms with Crippen molar-refractivity contribution in [3.63, 3.8) is 0 Å². The van der Waals surface area contributed by atoms with Crippen LogP contribution in [0.4, 0.5) is 13.2 Å². The Bertz CT molecular complexity index is 1560. The first-order chi connectivity index (χ1) is 18.3. The Morgan fingerprint density at radius 1 is 0.878 bits per heavy atom. The van der Waals surface area contributed by atoms with Crippen LogP contribution in [0, 0.1) is 30.7 Å². The fraction of sp³-hybridized carbons (Fsp3) is 0.353. The quantitative estimate of drug-likeness (QED) is 0.0986. The number of aliphatic hydroxyl groups is 1. The van der Waals surface area contributed by atoms with Gasteiger partial charge in [-0.3, -0.25) is 4.79 Å². The van der Waals surface area contributed by atoms with Crippen LogP contribution >= 0.6 is 0 Å². The Labute approximate surface area is 254 Å². The van der Waals surface area contributed by atoms with Crippen LogP contribution in [0.15, 0.2) is 66.6 Å². The van der Waals surface area contributed by atoms with Crippen LogP contribution in [0.25, 0.3) is 32.8 Å². The Kier molecular flexibility index (Phi) is 10.7. The van der Waals surface area contributed by atoms with Crippen LogP contribution in [0.5, 0.6) is 0 Å². The van der Waals surface area contributed by atoms with Gasteiger partial charge < -0.3 is 10.1 Å². The summed E-state index contributed by atoms with van der Waals surface area (Å²) in [5.74, 6) is 0.104. The zero-order chi connectivity index (χ0) is 30.0. The number of hydrogen-bond acceptors (Lipinski definition) is 3. The standard InChI is InChI=1S/C23H17F3N.C11H20O2.Ir/c1-14-9-15(2)11-18(10-14)22-21-6-4-17-12-16(13-23(24,25)26)3-5-19(17)20(21)7-8-27-22;1-10(2,3)8(12)7-9(13)11(4,5)6;/h3-10,12H,13H2,1-2H3;7,12H,1-6H3;/q-1;;/b;8-7-;. The van der Waals surface area contributed by atoms with E-state index in [1.807, 2.05) is 79.7 Å². The van der Waals surface area contributed by atoms with Crippen LogP contribution in [0.3, 0.4) is 0 Å². The molecule has 0 atom stereocenters. The molecule has 1 radical (unpaired) electrons. The van der Waals surface area contributed by atoms with E-state index < -0.39 is 18.0 Å². The maximum Gasteiger partial charge on any atom is 0.393 e. The number of rotatable bonds is 3. The predicted molar refractivity (Wildman–Crippen MR) is 157 cm³/mol. The molecule has 7 heteroatoms. The second-order valence-electron chi connectivity index (χ2n) is 12.3. The summed E-state index contributed by atoms with van der Waals surface area (Å²) in [4.78, 5) is 16.0. The van der Waals surface area contributed by atoms with Crippen molar-refractivity contribution in [2.75, 3.05) is 0 Å². The Morgan fingerprint density at radius 3 is 2.07 bits per heavy atom. The smallest absolute Gasteiger partial charge is 0.393 e. The number of fused-ring (bicyclic) bond motifs is 3. The molecule has 0 aliphatic carbocycles. The summed E-state index contributed by atoms with van der Waals surface area (Å²) in [6, 6.07) is 18.1. The molecule has 221 valence electrons. The second kappa shape index (κ2) is 12.9. The van der Waals surface area contributed by atoms with Crippen molar-refractivity contribution in [2.24, 2.45) is 10.8 Å². The number of aromatic nitrogens is 1. The Morgan fingerprint density at radius 2 is 1.51 bits per heavy atom. The van der Waals surface area contributed by atoms with Crippen LogP contribution in [0.2, 0.25) is 0 Å². The van der Waals surface area contributed by atoms with E-state index in [0.717, 1.165) is 43.9 Å². The number of ketones is 1. The van der Waals surface area contributed by atoms with Crippen molar-refractivity contribution < 1.29 is 43.2 Å². The molecule has 41 heavy (non-hydrogen) atoms. The van der Waals surface area contributed by atoms with E-state index in [1.54, 1.807) is 24.4 Å². The maximum atomic E-state index is 12.7. The maximum absolute atomic E-state index is 12.7. The normalized spacial score (nSPS) is 12.5. The molecule has 4 aromatic rings. The van der Waals surface area contributed by atoms with Crippen LogP contribution in [-0.4, -0.2) is 22.1 Å². The molecule has 0 unspecified atom stereocenters. The number of allylic oxidation sites excluding steroid dienone is 2. The van der Waals surface area contributed by atoms with Gasteiger partial charge in [-0.15, -0.1) is 34.9 Å². The van der Waals surface area contributed by atoms with Crippen LogP contribution in [0.1, 0.15) is 58.2 Å². The average molecular weight is 741 g/mol. The minimum absolute atomic E-state index is 0. The molecule has 0 aliphatic rings. The fourth-order valence-electron chi connectivity index (χ4n) is 4.18. The molecule has 1 heterocycles. The molecule has 0 bridgehead atoms. The molecule has 0 saturated heterocycles. The van der Waals surface area contributed by atoms with Gasteiger partial charge in [0, 0.05) is 43.2 Å². The SMILES string of the molecule is CC(C)(C)C(=O)/C=C(\O)C(C)(C)C.Cc1[c-]c(-c2nccc3c2ccc2cc(CC(F)(F)F)ccc23)cc(C)c1.[Ir]. The minimum Gasteiger partial charge on any atom is -0.512 e. The predicted octanol–water partition coefficient (Wildman–Crippen LogP) is 9.66. The van der Waals surface area contributed by atoms with Gasteiger partial charge in [-0.05, 0) is 38.9 Å². The third-order valence-electron chi connectivity index (χ3n) is 6.41. The summed E-state index contributed by atoms with van der Waals surface area (Å²) >= 11 is 0. The number of nitrogens with zero attached hydrogens (tertiary/aromatic N) is 1. The molecule has 0 spiro atoms. The Balaban J connectivity index is 0.000000360. The van der Waals surface area contributed by atoms with Crippen LogP contribution < -0.4 is 0 Å². The number of alkyl halides is 3. The average Bonchev–Trinajstić information content (AvgIpc) is 2.81. The largest absolute Gasteiger partial charge is 0.512 e. The summed E-state index contributed by atoms with van der Waals surface area (Å²) < 4.78 is 38.1. The molecule has 1 N–H and O–H groups in total. The minimum atomic E-state index is -4.21. The fourth-order valence-corrected chi connectivity index (χ4v) is 4.18. The van der Waals surface area contributed by atoms with Crippen molar-refractivity contribution in [1.82, 2.24) is 4.98 Å². The summed E-state index contributed by atoms with van der Waals surface area (Å²) in [7, 11) is 0. The molecule has 3 aromatic carbocycles. The number of aliphatic hydroxyl groups excluding tert-OH is 1.